The molecule has 1 aromatic carbocycles. The number of aryl methyl sites for hydroxylation is 1. The van der Waals surface area contributed by atoms with E-state index in [2.05, 4.69) is 33.0 Å². The second-order valence-electron chi connectivity index (χ2n) is 4.24. The summed E-state index contributed by atoms with van der Waals surface area (Å²) in [5, 5.41) is 12.4. The van der Waals surface area contributed by atoms with Gasteiger partial charge in [0, 0.05) is 6.54 Å². The smallest absolute Gasteiger partial charge is 0.321 e. The van der Waals surface area contributed by atoms with E-state index in [1.807, 2.05) is 18.2 Å². The number of rotatable bonds is 6. The Hall–Kier alpha value is -1.73. The lowest BCUT2D eigenvalue weighted by Gasteiger charge is -2.05. The van der Waals surface area contributed by atoms with E-state index >= 15 is 0 Å². The number of nitrogens with one attached hydrogen (secondary N) is 3. The largest absolute Gasteiger partial charge is 0.338 e. The first-order valence-corrected chi connectivity index (χ1v) is 7.61. The third-order valence-corrected chi connectivity index (χ3v) is 3.68. The normalized spacial score (nSPS) is 10.2. The third kappa shape index (κ3) is 5.10. The minimum atomic E-state index is -0.248. The van der Waals surface area contributed by atoms with E-state index in [1.54, 1.807) is 0 Å². The molecule has 0 bridgehead atoms. The monoisotopic (exact) mass is 308 g/mol. The molecule has 2 rings (SSSR count). The summed E-state index contributed by atoms with van der Waals surface area (Å²) < 4.78 is 0.545. The minimum Gasteiger partial charge on any atom is -0.338 e. The number of aromatic nitrogens is 2. The van der Waals surface area contributed by atoms with Crippen molar-refractivity contribution in [3.8, 4) is 0 Å². The van der Waals surface area contributed by atoms with Gasteiger partial charge in [-0.1, -0.05) is 41.7 Å². The van der Waals surface area contributed by atoms with Crippen LogP contribution in [0.4, 0.5) is 9.93 Å². The van der Waals surface area contributed by atoms with Gasteiger partial charge in [0.1, 0.15) is 0 Å². The molecule has 20 heavy (non-hydrogen) atoms. The summed E-state index contributed by atoms with van der Waals surface area (Å²) in [6, 6.07) is 10.1. The number of hydrogen-bond donors (Lipinski definition) is 3. The van der Waals surface area contributed by atoms with Crippen LogP contribution in [0, 0.1) is 3.95 Å². The van der Waals surface area contributed by atoms with Crippen molar-refractivity contribution in [1.29, 1.82) is 0 Å². The maximum absolute atomic E-state index is 11.6. The van der Waals surface area contributed by atoms with Crippen LogP contribution >= 0.6 is 23.6 Å². The van der Waals surface area contributed by atoms with E-state index in [4.69, 9.17) is 12.2 Å². The highest BCUT2D eigenvalue weighted by molar-refractivity contribution is 7.73. The fourth-order valence-electron chi connectivity index (χ4n) is 1.73. The lowest BCUT2D eigenvalue weighted by atomic mass is 10.1. The molecule has 0 saturated carbocycles. The van der Waals surface area contributed by atoms with Gasteiger partial charge in [-0.05, 0) is 37.0 Å². The number of H-pyrrole nitrogens is 1. The SMILES string of the molecule is O=C(NCCCCc1ccccc1)Nc1n[nH]c(=S)s1. The molecule has 0 aliphatic rings. The van der Waals surface area contributed by atoms with Crippen molar-refractivity contribution >= 4 is 34.7 Å². The number of hydrogen-bond acceptors (Lipinski definition) is 4. The van der Waals surface area contributed by atoms with Gasteiger partial charge in [-0.15, -0.1) is 5.10 Å². The average Bonchev–Trinajstić information content (AvgIpc) is 2.85. The highest BCUT2D eigenvalue weighted by atomic mass is 32.1. The molecule has 5 nitrogen and oxygen atoms in total. The van der Waals surface area contributed by atoms with Crippen molar-refractivity contribution < 1.29 is 4.79 Å². The summed E-state index contributed by atoms with van der Waals surface area (Å²) in [7, 11) is 0. The standard InChI is InChI=1S/C13H16N4OS2/c18-11(15-12-16-17-13(19)20-12)14-9-5-4-8-10-6-2-1-3-7-10/h1-3,6-7H,4-5,8-9H2,(H,17,19)(H2,14,15,16,18). The number of carbonyl (C=O) groups is 1. The van der Waals surface area contributed by atoms with Crippen molar-refractivity contribution in [3.63, 3.8) is 0 Å². The van der Waals surface area contributed by atoms with Gasteiger partial charge in [0.15, 0.2) is 3.95 Å². The number of nitrogens with zero attached hydrogens (tertiary/aromatic N) is 1. The molecule has 0 saturated heterocycles. The molecule has 1 heterocycles. The first-order valence-electron chi connectivity index (χ1n) is 6.38. The number of benzene rings is 1. The quantitative estimate of drug-likeness (QED) is 0.566. The van der Waals surface area contributed by atoms with Crippen LogP contribution in [0.5, 0.6) is 0 Å². The Balaban J connectivity index is 1.59. The molecular weight excluding hydrogens is 292 g/mol. The summed E-state index contributed by atoms with van der Waals surface area (Å²) in [4.78, 5) is 11.6. The van der Waals surface area contributed by atoms with Gasteiger partial charge in [0.05, 0.1) is 0 Å². The predicted octanol–water partition coefficient (Wildman–Crippen LogP) is 3.35. The summed E-state index contributed by atoms with van der Waals surface area (Å²) >= 11 is 6.12. The fraction of sp³-hybridized carbons (Fsp3) is 0.308. The topological polar surface area (TPSA) is 69.8 Å². The van der Waals surface area contributed by atoms with Crippen LogP contribution in [0.15, 0.2) is 30.3 Å². The van der Waals surface area contributed by atoms with Crippen molar-refractivity contribution in [1.82, 2.24) is 15.5 Å². The predicted molar refractivity (Wildman–Crippen MR) is 83.7 cm³/mol. The van der Waals surface area contributed by atoms with E-state index in [0.29, 0.717) is 15.6 Å². The van der Waals surface area contributed by atoms with Gasteiger partial charge in [-0.2, -0.15) is 0 Å². The molecule has 106 valence electrons. The molecule has 2 amide bonds. The Morgan fingerprint density at radius 1 is 1.30 bits per heavy atom. The Morgan fingerprint density at radius 3 is 2.80 bits per heavy atom. The van der Waals surface area contributed by atoms with Gasteiger partial charge in [0.25, 0.3) is 0 Å². The zero-order valence-corrected chi connectivity index (χ0v) is 12.5. The molecule has 0 unspecified atom stereocenters. The zero-order chi connectivity index (χ0) is 14.2. The number of aromatic amines is 1. The van der Waals surface area contributed by atoms with Gasteiger partial charge in [-0.25, -0.2) is 4.79 Å². The number of anilines is 1. The van der Waals surface area contributed by atoms with Crippen LogP contribution < -0.4 is 10.6 Å². The Labute approximate surface area is 126 Å². The van der Waals surface area contributed by atoms with E-state index in [9.17, 15) is 4.79 Å². The summed E-state index contributed by atoms with van der Waals surface area (Å²) in [5.41, 5.74) is 1.33. The molecule has 1 aromatic heterocycles. The number of carbonyl (C=O) groups excluding carboxylic acids is 1. The van der Waals surface area contributed by atoms with Crippen LogP contribution in [0.1, 0.15) is 18.4 Å². The lowest BCUT2D eigenvalue weighted by molar-refractivity contribution is 0.252. The van der Waals surface area contributed by atoms with Crippen molar-refractivity contribution in [2.24, 2.45) is 0 Å². The van der Waals surface area contributed by atoms with Gasteiger partial charge >= 0.3 is 6.03 Å². The highest BCUT2D eigenvalue weighted by Crippen LogP contribution is 2.10. The molecule has 0 spiro atoms. The second-order valence-corrected chi connectivity index (χ2v) is 5.91. The van der Waals surface area contributed by atoms with Gasteiger partial charge in [-0.3, -0.25) is 10.4 Å². The van der Waals surface area contributed by atoms with E-state index < -0.39 is 0 Å². The number of unbranched alkanes of at least 4 members (excludes halogenated alkanes) is 1. The number of urea groups is 1. The Kier molecular flexibility index (Phi) is 5.69. The maximum atomic E-state index is 11.6. The maximum Gasteiger partial charge on any atom is 0.321 e. The summed E-state index contributed by atoms with van der Waals surface area (Å²) in [5.74, 6) is 0. The van der Waals surface area contributed by atoms with E-state index in [1.165, 1.54) is 16.9 Å². The molecule has 3 N–H and O–H groups in total. The first kappa shape index (κ1) is 14.7. The summed E-state index contributed by atoms with van der Waals surface area (Å²) in [6.45, 7) is 0.647. The third-order valence-electron chi connectivity index (χ3n) is 2.68. The van der Waals surface area contributed by atoms with Crippen LogP contribution in [-0.2, 0) is 6.42 Å². The molecule has 0 atom stereocenters. The Morgan fingerprint density at radius 2 is 2.10 bits per heavy atom. The Bertz CT molecular complexity index is 594. The van der Waals surface area contributed by atoms with Crippen LogP contribution in [0.25, 0.3) is 0 Å². The lowest BCUT2D eigenvalue weighted by Crippen LogP contribution is -2.29. The molecule has 7 heteroatoms. The van der Waals surface area contributed by atoms with Crippen molar-refractivity contribution in [3.05, 3.63) is 39.8 Å². The highest BCUT2D eigenvalue weighted by Gasteiger charge is 2.03. The van der Waals surface area contributed by atoms with E-state index in [-0.39, 0.29) is 6.03 Å². The zero-order valence-electron chi connectivity index (χ0n) is 10.9. The van der Waals surface area contributed by atoms with Crippen molar-refractivity contribution in [2.75, 3.05) is 11.9 Å². The summed E-state index contributed by atoms with van der Waals surface area (Å²) in [6.07, 6.45) is 3.02. The van der Waals surface area contributed by atoms with Crippen LogP contribution in [0.2, 0.25) is 0 Å². The molecule has 0 aliphatic carbocycles. The molecule has 0 radical (unpaired) electrons. The second kappa shape index (κ2) is 7.76. The molecule has 0 fully saturated rings. The minimum absolute atomic E-state index is 0.248. The fourth-order valence-corrected chi connectivity index (χ4v) is 2.51. The van der Waals surface area contributed by atoms with Gasteiger partial charge < -0.3 is 5.32 Å². The van der Waals surface area contributed by atoms with E-state index in [0.717, 1.165) is 19.3 Å². The molecular formula is C13H16N4OS2. The number of amides is 2. The van der Waals surface area contributed by atoms with Crippen LogP contribution in [-0.4, -0.2) is 22.8 Å². The van der Waals surface area contributed by atoms with Crippen molar-refractivity contribution in [2.45, 2.75) is 19.3 Å². The average molecular weight is 308 g/mol. The first-order chi connectivity index (χ1) is 9.74. The molecule has 2 aromatic rings. The van der Waals surface area contributed by atoms with Gasteiger partial charge in [0.2, 0.25) is 5.13 Å². The van der Waals surface area contributed by atoms with Crippen LogP contribution in [0.3, 0.4) is 0 Å². The molecule has 0 aliphatic heterocycles.